The predicted octanol–water partition coefficient (Wildman–Crippen LogP) is 2.04. The Morgan fingerprint density at radius 3 is 2.88 bits per heavy atom. The number of carbonyl (C=O) groups excluding carboxylic acids is 1. The number of hydrogen-bond donors (Lipinski definition) is 1. The van der Waals surface area contributed by atoms with Crippen molar-refractivity contribution in [3.63, 3.8) is 0 Å². The first kappa shape index (κ1) is 14.0. The normalized spacial score (nSPS) is 13.2. The number of alkyl halides is 2. The minimum atomic E-state index is -3.77. The van der Waals surface area contributed by atoms with Crippen molar-refractivity contribution in [2.75, 3.05) is 6.61 Å². The van der Waals surface area contributed by atoms with Gasteiger partial charge in [0.25, 0.3) is 0 Å². The van der Waals surface area contributed by atoms with E-state index in [0.29, 0.717) is 4.60 Å². The summed E-state index contributed by atoms with van der Waals surface area (Å²) in [7, 11) is 0. The molecule has 94 valence electrons. The van der Waals surface area contributed by atoms with Crippen molar-refractivity contribution in [2.24, 2.45) is 5.73 Å². The van der Waals surface area contributed by atoms with Gasteiger partial charge in [0.05, 0.1) is 6.61 Å². The van der Waals surface area contributed by atoms with E-state index in [4.69, 9.17) is 5.73 Å². The van der Waals surface area contributed by atoms with Gasteiger partial charge in [0, 0.05) is 6.20 Å². The van der Waals surface area contributed by atoms with Crippen LogP contribution in [0, 0.1) is 0 Å². The molecule has 0 bridgehead atoms. The van der Waals surface area contributed by atoms with Crippen LogP contribution in [0.25, 0.3) is 0 Å². The molecule has 1 aromatic heterocycles. The Morgan fingerprint density at radius 2 is 2.35 bits per heavy atom. The molecule has 0 saturated heterocycles. The molecule has 0 aliphatic heterocycles. The molecule has 0 radical (unpaired) electrons. The Morgan fingerprint density at radius 1 is 1.71 bits per heavy atom. The van der Waals surface area contributed by atoms with Gasteiger partial charge in [-0.05, 0) is 40.5 Å². The summed E-state index contributed by atoms with van der Waals surface area (Å²) < 4.78 is 31.8. The lowest BCUT2D eigenvalue weighted by Crippen LogP contribution is -2.41. The zero-order chi connectivity index (χ0) is 13.1. The van der Waals surface area contributed by atoms with E-state index in [1.165, 1.54) is 25.3 Å². The Bertz CT molecular complexity index is 415. The van der Waals surface area contributed by atoms with Crippen LogP contribution in [0.5, 0.6) is 0 Å². The summed E-state index contributed by atoms with van der Waals surface area (Å²) in [5.74, 6) is -5.39. The van der Waals surface area contributed by atoms with Crippen LogP contribution in [0.1, 0.15) is 18.5 Å². The summed E-state index contributed by atoms with van der Waals surface area (Å²) in [6.07, 6.45) is 1.32. The van der Waals surface area contributed by atoms with Crippen molar-refractivity contribution in [1.29, 1.82) is 0 Å². The topological polar surface area (TPSA) is 65.2 Å². The highest BCUT2D eigenvalue weighted by Crippen LogP contribution is 2.31. The molecule has 7 heteroatoms. The third kappa shape index (κ3) is 3.19. The number of halogens is 3. The second-order valence-corrected chi connectivity index (χ2v) is 4.05. The highest BCUT2D eigenvalue weighted by atomic mass is 79.9. The Balaban J connectivity index is 2.95. The monoisotopic (exact) mass is 308 g/mol. The molecule has 1 aromatic rings. The fourth-order valence-corrected chi connectivity index (χ4v) is 1.56. The summed E-state index contributed by atoms with van der Waals surface area (Å²) >= 11 is 3.04. The molecule has 1 atom stereocenters. The second kappa shape index (κ2) is 5.50. The second-order valence-electron chi connectivity index (χ2n) is 3.23. The van der Waals surface area contributed by atoms with Gasteiger partial charge >= 0.3 is 11.9 Å². The lowest BCUT2D eigenvalue weighted by Gasteiger charge is -2.21. The molecular formula is C10H11BrF2N2O2. The van der Waals surface area contributed by atoms with E-state index in [-0.39, 0.29) is 12.2 Å². The number of ether oxygens (including phenoxy) is 1. The fourth-order valence-electron chi connectivity index (χ4n) is 1.17. The number of aromatic nitrogens is 1. The third-order valence-electron chi connectivity index (χ3n) is 2.05. The van der Waals surface area contributed by atoms with E-state index in [1.54, 1.807) is 0 Å². The average Bonchev–Trinajstić information content (AvgIpc) is 2.28. The highest BCUT2D eigenvalue weighted by Gasteiger charge is 2.47. The third-order valence-corrected chi connectivity index (χ3v) is 2.48. The molecule has 1 heterocycles. The zero-order valence-electron chi connectivity index (χ0n) is 8.99. The molecule has 0 spiro atoms. The first-order chi connectivity index (χ1) is 7.89. The van der Waals surface area contributed by atoms with E-state index in [0.717, 1.165) is 0 Å². The lowest BCUT2D eigenvalue weighted by molar-refractivity contribution is -0.174. The Labute approximate surface area is 105 Å². The summed E-state index contributed by atoms with van der Waals surface area (Å²) in [6.45, 7) is 1.32. The standard InChI is InChI=1S/C10H11BrF2N2O2/c1-2-17-9(16)10(12,13)8(14)6-3-4-15-7(11)5-6/h3-5,8H,2,14H2,1H3/t8-/m0/s1. The maximum Gasteiger partial charge on any atom is 0.379 e. The average molecular weight is 309 g/mol. The van der Waals surface area contributed by atoms with Crippen LogP contribution in [0.4, 0.5) is 8.78 Å². The van der Waals surface area contributed by atoms with E-state index >= 15 is 0 Å². The van der Waals surface area contributed by atoms with Crippen molar-refractivity contribution in [1.82, 2.24) is 4.98 Å². The number of nitrogens with zero attached hydrogens (tertiary/aromatic N) is 1. The number of carbonyl (C=O) groups is 1. The molecule has 17 heavy (non-hydrogen) atoms. The summed E-state index contributed by atoms with van der Waals surface area (Å²) in [6, 6.07) is 0.890. The molecule has 0 saturated carbocycles. The van der Waals surface area contributed by atoms with Crippen LogP contribution >= 0.6 is 15.9 Å². The molecule has 0 aliphatic rings. The number of esters is 1. The molecular weight excluding hydrogens is 298 g/mol. The van der Waals surface area contributed by atoms with E-state index in [2.05, 4.69) is 25.7 Å². The maximum atomic E-state index is 13.6. The molecule has 0 aliphatic carbocycles. The van der Waals surface area contributed by atoms with Gasteiger partial charge in [0.15, 0.2) is 0 Å². The number of rotatable bonds is 4. The molecule has 0 aromatic carbocycles. The van der Waals surface area contributed by atoms with Crippen LogP contribution in [0.3, 0.4) is 0 Å². The first-order valence-corrected chi connectivity index (χ1v) is 5.61. The number of nitrogens with two attached hydrogens (primary N) is 1. The number of hydrogen-bond acceptors (Lipinski definition) is 4. The van der Waals surface area contributed by atoms with Crippen LogP contribution in [0.15, 0.2) is 22.9 Å². The minimum absolute atomic E-state index is 0.102. The van der Waals surface area contributed by atoms with Gasteiger partial charge in [-0.3, -0.25) is 0 Å². The van der Waals surface area contributed by atoms with Crippen LogP contribution in [0.2, 0.25) is 0 Å². The van der Waals surface area contributed by atoms with Crippen molar-refractivity contribution in [3.05, 3.63) is 28.5 Å². The summed E-state index contributed by atoms with van der Waals surface area (Å²) in [4.78, 5) is 14.9. The van der Waals surface area contributed by atoms with Gasteiger partial charge < -0.3 is 10.5 Å². The van der Waals surface area contributed by atoms with Crippen molar-refractivity contribution < 1.29 is 18.3 Å². The minimum Gasteiger partial charge on any atom is -0.462 e. The first-order valence-electron chi connectivity index (χ1n) is 4.81. The van der Waals surface area contributed by atoms with Gasteiger partial charge in [-0.1, -0.05) is 0 Å². The Kier molecular flexibility index (Phi) is 4.53. The van der Waals surface area contributed by atoms with Gasteiger partial charge in [-0.25, -0.2) is 9.78 Å². The van der Waals surface area contributed by atoms with Crippen molar-refractivity contribution >= 4 is 21.9 Å². The van der Waals surface area contributed by atoms with Crippen LogP contribution in [-0.2, 0) is 9.53 Å². The zero-order valence-corrected chi connectivity index (χ0v) is 10.6. The number of pyridine rings is 1. The van der Waals surface area contributed by atoms with Crippen LogP contribution < -0.4 is 5.73 Å². The van der Waals surface area contributed by atoms with Gasteiger partial charge in [0.2, 0.25) is 0 Å². The molecule has 0 unspecified atom stereocenters. The SMILES string of the molecule is CCOC(=O)C(F)(F)[C@@H](N)c1ccnc(Br)c1. The van der Waals surface area contributed by atoms with Gasteiger partial charge in [-0.2, -0.15) is 8.78 Å². The molecule has 1 rings (SSSR count). The molecule has 4 nitrogen and oxygen atoms in total. The highest BCUT2D eigenvalue weighted by molar-refractivity contribution is 9.10. The summed E-state index contributed by atoms with van der Waals surface area (Å²) in [5, 5.41) is 0. The lowest BCUT2D eigenvalue weighted by atomic mass is 10.0. The largest absolute Gasteiger partial charge is 0.462 e. The fraction of sp³-hybridized carbons (Fsp3) is 0.400. The molecule has 0 amide bonds. The molecule has 0 fully saturated rings. The molecule has 2 N–H and O–H groups in total. The Hall–Kier alpha value is -1.08. The predicted molar refractivity (Wildman–Crippen MR) is 60.4 cm³/mol. The summed E-state index contributed by atoms with van der Waals surface area (Å²) in [5.41, 5.74) is 5.48. The quantitative estimate of drug-likeness (QED) is 0.683. The van der Waals surface area contributed by atoms with Crippen molar-refractivity contribution in [3.8, 4) is 0 Å². The van der Waals surface area contributed by atoms with E-state index in [1.807, 2.05) is 0 Å². The van der Waals surface area contributed by atoms with E-state index in [9.17, 15) is 13.6 Å². The smallest absolute Gasteiger partial charge is 0.379 e. The van der Waals surface area contributed by atoms with Crippen molar-refractivity contribution in [2.45, 2.75) is 18.9 Å². The maximum absolute atomic E-state index is 13.6. The van der Waals surface area contributed by atoms with Gasteiger partial charge in [0.1, 0.15) is 10.6 Å². The van der Waals surface area contributed by atoms with E-state index < -0.39 is 17.9 Å². The van der Waals surface area contributed by atoms with Crippen LogP contribution in [-0.4, -0.2) is 23.5 Å². The van der Waals surface area contributed by atoms with Gasteiger partial charge in [-0.15, -0.1) is 0 Å².